The predicted octanol–water partition coefficient (Wildman–Crippen LogP) is 3.41. The summed E-state index contributed by atoms with van der Waals surface area (Å²) in [4.78, 5) is 29.5. The molecule has 1 aromatic rings. The number of nitrogens with zero attached hydrogens (tertiary/aromatic N) is 2. The Hall–Kier alpha value is -2.04. The number of carbonyl (C=O) groups excluding carboxylic acids is 2. The summed E-state index contributed by atoms with van der Waals surface area (Å²) < 4.78 is 5.96. The van der Waals surface area contributed by atoms with Crippen LogP contribution in [0.3, 0.4) is 0 Å². The summed E-state index contributed by atoms with van der Waals surface area (Å²) >= 11 is 0. The highest BCUT2D eigenvalue weighted by molar-refractivity contribution is 5.81. The second-order valence-corrected chi connectivity index (χ2v) is 8.47. The quantitative estimate of drug-likeness (QED) is 0.746. The molecule has 0 aromatic heterocycles. The number of piperidine rings is 1. The van der Waals surface area contributed by atoms with Gasteiger partial charge in [0.2, 0.25) is 11.8 Å². The van der Waals surface area contributed by atoms with Crippen molar-refractivity contribution in [3.8, 4) is 5.75 Å². The fraction of sp³-hybridized carbons (Fsp3) is 0.652. The van der Waals surface area contributed by atoms with Crippen LogP contribution in [-0.2, 0) is 16.0 Å². The molecule has 0 N–H and O–H groups in total. The molecule has 1 unspecified atom stereocenters. The molecular formula is C23H32N2O3. The monoisotopic (exact) mass is 384 g/mol. The van der Waals surface area contributed by atoms with Crippen molar-refractivity contribution in [2.24, 2.45) is 5.92 Å². The maximum atomic E-state index is 12.9. The Kier molecular flexibility index (Phi) is 6.18. The van der Waals surface area contributed by atoms with Gasteiger partial charge in [0.15, 0.2) is 0 Å². The standard InChI is InChI=1S/C23H32N2O3/c26-22-8-4-13-24(23(27)19-10-11-19)15-16-28-21-7-3-5-18(17-21)9-12-20-6-1-2-14-25(20)22/h3,5,7,17,19-20H,1-2,4,6,8-16H2. The first-order valence-corrected chi connectivity index (χ1v) is 11.0. The summed E-state index contributed by atoms with van der Waals surface area (Å²) in [7, 11) is 0. The lowest BCUT2D eigenvalue weighted by Crippen LogP contribution is -2.44. The Labute approximate surface area is 168 Å². The number of ether oxygens (including phenoxy) is 1. The van der Waals surface area contributed by atoms with Gasteiger partial charge >= 0.3 is 0 Å². The lowest BCUT2D eigenvalue weighted by Gasteiger charge is -2.36. The smallest absolute Gasteiger partial charge is 0.225 e. The van der Waals surface area contributed by atoms with E-state index in [2.05, 4.69) is 17.0 Å². The van der Waals surface area contributed by atoms with Crippen molar-refractivity contribution in [2.45, 2.75) is 63.8 Å². The Balaban J connectivity index is 1.49. The molecule has 152 valence electrons. The fourth-order valence-corrected chi connectivity index (χ4v) is 4.51. The van der Waals surface area contributed by atoms with Crippen molar-refractivity contribution in [1.29, 1.82) is 0 Å². The Bertz CT molecular complexity index is 701. The van der Waals surface area contributed by atoms with Gasteiger partial charge in [-0.25, -0.2) is 0 Å². The molecule has 4 rings (SSSR count). The highest BCUT2D eigenvalue weighted by atomic mass is 16.5. The highest BCUT2D eigenvalue weighted by Crippen LogP contribution is 2.31. The summed E-state index contributed by atoms with van der Waals surface area (Å²) in [6, 6.07) is 8.63. The summed E-state index contributed by atoms with van der Waals surface area (Å²) in [5, 5.41) is 0. The SMILES string of the molecule is O=C(C1CC1)N1CCCC(=O)N2CCCCC2CCc2cccc(c2)OCC1. The molecule has 2 amide bonds. The summed E-state index contributed by atoms with van der Waals surface area (Å²) in [5.74, 6) is 1.59. The van der Waals surface area contributed by atoms with Gasteiger partial charge in [0.25, 0.3) is 0 Å². The van der Waals surface area contributed by atoms with Crippen LogP contribution in [0, 0.1) is 5.92 Å². The van der Waals surface area contributed by atoms with E-state index in [0.29, 0.717) is 32.2 Å². The first-order valence-electron chi connectivity index (χ1n) is 11.0. The zero-order valence-corrected chi connectivity index (χ0v) is 16.8. The van der Waals surface area contributed by atoms with Crippen molar-refractivity contribution >= 4 is 11.8 Å². The van der Waals surface area contributed by atoms with Gasteiger partial charge in [0, 0.05) is 31.5 Å². The molecule has 0 spiro atoms. The van der Waals surface area contributed by atoms with E-state index in [4.69, 9.17) is 4.74 Å². The Morgan fingerprint density at radius 2 is 1.86 bits per heavy atom. The van der Waals surface area contributed by atoms with Crippen LogP contribution in [-0.4, -0.2) is 53.9 Å². The third-order valence-electron chi connectivity index (χ3n) is 6.30. The predicted molar refractivity (Wildman–Crippen MR) is 108 cm³/mol. The maximum Gasteiger partial charge on any atom is 0.225 e. The average molecular weight is 385 g/mol. The Morgan fingerprint density at radius 3 is 2.71 bits per heavy atom. The maximum absolute atomic E-state index is 12.9. The lowest BCUT2D eigenvalue weighted by atomic mass is 9.95. The molecule has 0 radical (unpaired) electrons. The van der Waals surface area contributed by atoms with Crippen molar-refractivity contribution < 1.29 is 14.3 Å². The minimum atomic E-state index is 0.201. The molecule has 5 heteroatoms. The lowest BCUT2D eigenvalue weighted by molar-refractivity contribution is -0.137. The van der Waals surface area contributed by atoms with Crippen LogP contribution < -0.4 is 4.74 Å². The highest BCUT2D eigenvalue weighted by Gasteiger charge is 2.33. The largest absolute Gasteiger partial charge is 0.492 e. The normalized spacial score (nSPS) is 24.6. The molecule has 1 saturated carbocycles. The first kappa shape index (κ1) is 19.3. The molecule has 2 heterocycles. The van der Waals surface area contributed by atoms with Gasteiger partial charge in [-0.2, -0.15) is 0 Å². The van der Waals surface area contributed by atoms with E-state index in [9.17, 15) is 9.59 Å². The number of hydrogen-bond acceptors (Lipinski definition) is 3. The van der Waals surface area contributed by atoms with Gasteiger partial charge in [-0.3, -0.25) is 9.59 Å². The van der Waals surface area contributed by atoms with Crippen LogP contribution in [0.1, 0.15) is 56.9 Å². The van der Waals surface area contributed by atoms with Crippen LogP contribution in [0.25, 0.3) is 0 Å². The third-order valence-corrected chi connectivity index (χ3v) is 6.30. The molecular weight excluding hydrogens is 352 g/mol. The summed E-state index contributed by atoms with van der Waals surface area (Å²) in [6.07, 6.45) is 8.71. The second-order valence-electron chi connectivity index (χ2n) is 8.47. The average Bonchev–Trinajstić information content (AvgIpc) is 3.56. The molecule has 2 bridgehead atoms. The third kappa shape index (κ3) is 4.86. The van der Waals surface area contributed by atoms with Gasteiger partial charge in [-0.15, -0.1) is 0 Å². The summed E-state index contributed by atoms with van der Waals surface area (Å²) in [6.45, 7) is 2.64. The van der Waals surface area contributed by atoms with Gasteiger partial charge in [0.1, 0.15) is 12.4 Å². The minimum Gasteiger partial charge on any atom is -0.492 e. The van der Waals surface area contributed by atoms with Crippen LogP contribution >= 0.6 is 0 Å². The van der Waals surface area contributed by atoms with E-state index in [1.54, 1.807) is 0 Å². The molecule has 2 aliphatic heterocycles. The number of aryl methyl sites for hydroxylation is 1. The van der Waals surface area contributed by atoms with E-state index in [-0.39, 0.29) is 17.7 Å². The number of rotatable bonds is 1. The van der Waals surface area contributed by atoms with Crippen LogP contribution in [0.5, 0.6) is 5.75 Å². The Morgan fingerprint density at radius 1 is 0.964 bits per heavy atom. The molecule has 1 aromatic carbocycles. The number of amides is 2. The number of carbonyl (C=O) groups is 2. The van der Waals surface area contributed by atoms with Crippen molar-refractivity contribution in [3.63, 3.8) is 0 Å². The van der Waals surface area contributed by atoms with Crippen LogP contribution in [0.4, 0.5) is 0 Å². The number of benzene rings is 1. The van der Waals surface area contributed by atoms with Gasteiger partial charge < -0.3 is 14.5 Å². The molecule has 1 atom stereocenters. The fourth-order valence-electron chi connectivity index (χ4n) is 4.51. The van der Waals surface area contributed by atoms with Gasteiger partial charge in [-0.05, 0) is 69.1 Å². The zero-order chi connectivity index (χ0) is 19.3. The van der Waals surface area contributed by atoms with Crippen molar-refractivity contribution in [3.05, 3.63) is 29.8 Å². The van der Waals surface area contributed by atoms with E-state index in [0.717, 1.165) is 57.2 Å². The summed E-state index contributed by atoms with van der Waals surface area (Å²) in [5.41, 5.74) is 1.26. The molecule has 3 aliphatic rings. The van der Waals surface area contributed by atoms with E-state index < -0.39 is 0 Å². The van der Waals surface area contributed by atoms with Crippen LogP contribution in [0.15, 0.2) is 24.3 Å². The molecule has 1 aliphatic carbocycles. The van der Waals surface area contributed by atoms with E-state index >= 15 is 0 Å². The van der Waals surface area contributed by atoms with Gasteiger partial charge in [0.05, 0.1) is 6.54 Å². The van der Waals surface area contributed by atoms with Crippen molar-refractivity contribution in [2.75, 3.05) is 26.2 Å². The number of fused-ring (bicyclic) bond motifs is 3. The first-order chi connectivity index (χ1) is 13.7. The molecule has 28 heavy (non-hydrogen) atoms. The van der Waals surface area contributed by atoms with Gasteiger partial charge in [-0.1, -0.05) is 12.1 Å². The minimum absolute atomic E-state index is 0.201. The zero-order valence-electron chi connectivity index (χ0n) is 16.8. The second kappa shape index (κ2) is 8.97. The van der Waals surface area contributed by atoms with Crippen LogP contribution in [0.2, 0.25) is 0 Å². The topological polar surface area (TPSA) is 49.9 Å². The van der Waals surface area contributed by atoms with Crippen molar-refractivity contribution in [1.82, 2.24) is 9.80 Å². The molecule has 1 saturated heterocycles. The molecule has 2 fully saturated rings. The van der Waals surface area contributed by atoms with E-state index in [1.807, 2.05) is 17.0 Å². The molecule has 5 nitrogen and oxygen atoms in total. The van der Waals surface area contributed by atoms with E-state index in [1.165, 1.54) is 12.0 Å². The number of hydrogen-bond donors (Lipinski definition) is 0.